The van der Waals surface area contributed by atoms with Gasteiger partial charge in [0.05, 0.1) is 18.8 Å². The first-order valence-electron chi connectivity index (χ1n) is 5.45. The van der Waals surface area contributed by atoms with Crippen LogP contribution in [-0.2, 0) is 14.8 Å². The predicted octanol–water partition coefficient (Wildman–Crippen LogP) is 0.728. The van der Waals surface area contributed by atoms with Crippen LogP contribution >= 0.6 is 0 Å². The van der Waals surface area contributed by atoms with Gasteiger partial charge < -0.3 is 4.74 Å². The standard InChI is InChI=1S/C10H18N2O3S/c1-4-10-7-15-8(2)6-12(10)16(13,14)9(3)5-11/h8-10H,4,6-7H2,1-3H3. The maximum atomic E-state index is 12.1. The molecule has 0 aromatic carbocycles. The number of hydrogen-bond donors (Lipinski definition) is 0. The number of morpholine rings is 1. The Balaban J connectivity index is 2.95. The summed E-state index contributed by atoms with van der Waals surface area (Å²) in [5.41, 5.74) is 0. The molecule has 1 aliphatic rings. The number of hydrogen-bond acceptors (Lipinski definition) is 4. The number of sulfonamides is 1. The molecular formula is C10H18N2O3S. The lowest BCUT2D eigenvalue weighted by atomic mass is 10.2. The lowest BCUT2D eigenvalue weighted by Gasteiger charge is -2.37. The molecular weight excluding hydrogens is 228 g/mol. The number of ether oxygens (including phenoxy) is 1. The fourth-order valence-electron chi connectivity index (χ4n) is 1.72. The zero-order valence-electron chi connectivity index (χ0n) is 9.88. The first kappa shape index (κ1) is 13.4. The largest absolute Gasteiger partial charge is 0.375 e. The molecule has 3 atom stereocenters. The van der Waals surface area contributed by atoms with Crippen LogP contribution in [0.4, 0.5) is 0 Å². The average Bonchev–Trinajstić information content (AvgIpc) is 2.27. The summed E-state index contributed by atoms with van der Waals surface area (Å²) in [6, 6.07) is 1.65. The minimum absolute atomic E-state index is 0.108. The van der Waals surface area contributed by atoms with E-state index in [1.54, 1.807) is 6.07 Å². The van der Waals surface area contributed by atoms with Gasteiger partial charge in [0.15, 0.2) is 5.25 Å². The molecule has 0 aromatic heterocycles. The predicted molar refractivity (Wildman–Crippen MR) is 60.2 cm³/mol. The van der Waals surface area contributed by atoms with Crippen LogP contribution in [0.1, 0.15) is 27.2 Å². The summed E-state index contributed by atoms with van der Waals surface area (Å²) in [7, 11) is -3.51. The van der Waals surface area contributed by atoms with Crippen molar-refractivity contribution in [3.63, 3.8) is 0 Å². The van der Waals surface area contributed by atoms with Gasteiger partial charge in [-0.15, -0.1) is 0 Å². The topological polar surface area (TPSA) is 70.4 Å². The van der Waals surface area contributed by atoms with E-state index >= 15 is 0 Å². The molecule has 3 unspecified atom stereocenters. The van der Waals surface area contributed by atoms with Crippen molar-refractivity contribution < 1.29 is 13.2 Å². The van der Waals surface area contributed by atoms with Gasteiger partial charge in [-0.2, -0.15) is 9.57 Å². The van der Waals surface area contributed by atoms with Gasteiger partial charge in [-0.25, -0.2) is 8.42 Å². The van der Waals surface area contributed by atoms with E-state index in [0.29, 0.717) is 19.6 Å². The average molecular weight is 246 g/mol. The maximum absolute atomic E-state index is 12.1. The van der Waals surface area contributed by atoms with Crippen LogP contribution in [0, 0.1) is 11.3 Å². The van der Waals surface area contributed by atoms with E-state index in [1.165, 1.54) is 11.2 Å². The monoisotopic (exact) mass is 246 g/mol. The highest BCUT2D eigenvalue weighted by Crippen LogP contribution is 2.21. The normalized spacial score (nSPS) is 29.6. The van der Waals surface area contributed by atoms with Crippen molar-refractivity contribution in [3.05, 3.63) is 0 Å². The third-order valence-corrected chi connectivity index (χ3v) is 4.94. The van der Waals surface area contributed by atoms with Gasteiger partial charge in [0.1, 0.15) is 0 Å². The van der Waals surface area contributed by atoms with E-state index in [9.17, 15) is 8.42 Å². The van der Waals surface area contributed by atoms with Gasteiger partial charge in [-0.3, -0.25) is 0 Å². The molecule has 92 valence electrons. The van der Waals surface area contributed by atoms with Crippen LogP contribution in [0.5, 0.6) is 0 Å². The van der Waals surface area contributed by atoms with Crippen LogP contribution in [0.25, 0.3) is 0 Å². The van der Waals surface area contributed by atoms with Crippen molar-refractivity contribution in [2.45, 2.75) is 44.6 Å². The third kappa shape index (κ3) is 2.54. The first-order chi connectivity index (χ1) is 7.43. The molecule has 1 heterocycles. The second kappa shape index (κ2) is 5.13. The Morgan fingerprint density at radius 3 is 2.75 bits per heavy atom. The summed E-state index contributed by atoms with van der Waals surface area (Å²) in [5.74, 6) is 0. The first-order valence-corrected chi connectivity index (χ1v) is 6.95. The van der Waals surface area contributed by atoms with E-state index in [4.69, 9.17) is 10.00 Å². The summed E-state index contributed by atoms with van der Waals surface area (Å²) in [4.78, 5) is 0. The Morgan fingerprint density at radius 2 is 2.25 bits per heavy atom. The van der Waals surface area contributed by atoms with Gasteiger partial charge >= 0.3 is 0 Å². The molecule has 0 bridgehead atoms. The van der Waals surface area contributed by atoms with Gasteiger partial charge in [-0.05, 0) is 20.3 Å². The lowest BCUT2D eigenvalue weighted by molar-refractivity contribution is -0.0231. The molecule has 5 nitrogen and oxygen atoms in total. The zero-order chi connectivity index (χ0) is 12.3. The van der Waals surface area contributed by atoms with E-state index in [0.717, 1.165) is 0 Å². The molecule has 0 amide bonds. The highest BCUT2D eigenvalue weighted by molar-refractivity contribution is 7.90. The Labute approximate surface area is 97.0 Å². The second-order valence-corrected chi connectivity index (χ2v) is 6.30. The molecule has 0 aliphatic carbocycles. The molecule has 1 saturated heterocycles. The van der Waals surface area contributed by atoms with Crippen molar-refractivity contribution in [1.82, 2.24) is 4.31 Å². The fourth-order valence-corrected chi connectivity index (χ4v) is 3.30. The summed E-state index contributed by atoms with van der Waals surface area (Å²) in [6.45, 7) is 5.93. The number of rotatable bonds is 3. The smallest absolute Gasteiger partial charge is 0.230 e. The van der Waals surface area contributed by atoms with Crippen molar-refractivity contribution >= 4 is 10.0 Å². The van der Waals surface area contributed by atoms with Crippen LogP contribution in [0.2, 0.25) is 0 Å². The highest BCUT2D eigenvalue weighted by Gasteiger charge is 2.37. The van der Waals surface area contributed by atoms with Crippen LogP contribution < -0.4 is 0 Å². The lowest BCUT2D eigenvalue weighted by Crippen LogP contribution is -2.53. The Bertz CT molecular complexity index is 374. The molecule has 1 aliphatic heterocycles. The molecule has 6 heteroatoms. The Hall–Kier alpha value is -0.640. The molecule has 16 heavy (non-hydrogen) atoms. The van der Waals surface area contributed by atoms with Gasteiger partial charge in [0.25, 0.3) is 0 Å². The van der Waals surface area contributed by atoms with Crippen molar-refractivity contribution in [2.24, 2.45) is 0 Å². The summed E-state index contributed by atoms with van der Waals surface area (Å²) < 4.78 is 31.0. The van der Waals surface area contributed by atoms with E-state index < -0.39 is 15.3 Å². The maximum Gasteiger partial charge on any atom is 0.230 e. The molecule has 0 radical (unpaired) electrons. The van der Waals surface area contributed by atoms with Crippen LogP contribution in [-0.4, -0.2) is 43.3 Å². The zero-order valence-corrected chi connectivity index (χ0v) is 10.7. The number of nitrogens with zero attached hydrogens (tertiary/aromatic N) is 2. The number of nitriles is 1. The molecule has 1 fully saturated rings. The minimum atomic E-state index is -3.51. The molecule has 0 aromatic rings. The third-order valence-electron chi connectivity index (χ3n) is 2.84. The van der Waals surface area contributed by atoms with Gasteiger partial charge in [0, 0.05) is 12.6 Å². The van der Waals surface area contributed by atoms with Crippen molar-refractivity contribution in [2.75, 3.05) is 13.2 Å². The molecule has 0 N–H and O–H groups in total. The van der Waals surface area contributed by atoms with Gasteiger partial charge in [-0.1, -0.05) is 6.92 Å². The van der Waals surface area contributed by atoms with Crippen molar-refractivity contribution in [1.29, 1.82) is 5.26 Å². The molecule has 1 rings (SSSR count). The molecule has 0 spiro atoms. The quantitative estimate of drug-likeness (QED) is 0.736. The van der Waals surface area contributed by atoms with E-state index in [1.807, 2.05) is 13.8 Å². The Kier molecular flexibility index (Phi) is 4.30. The van der Waals surface area contributed by atoms with E-state index in [-0.39, 0.29) is 12.1 Å². The summed E-state index contributed by atoms with van der Waals surface area (Å²) >= 11 is 0. The fraction of sp³-hybridized carbons (Fsp3) is 0.900. The SMILES string of the molecule is CCC1COC(C)CN1S(=O)(=O)C(C)C#N. The van der Waals surface area contributed by atoms with Crippen LogP contribution in [0.3, 0.4) is 0 Å². The van der Waals surface area contributed by atoms with E-state index in [2.05, 4.69) is 0 Å². The Morgan fingerprint density at radius 1 is 1.62 bits per heavy atom. The van der Waals surface area contributed by atoms with Crippen LogP contribution in [0.15, 0.2) is 0 Å². The summed E-state index contributed by atoms with van der Waals surface area (Å²) in [5, 5.41) is 7.75. The minimum Gasteiger partial charge on any atom is -0.375 e. The second-order valence-electron chi connectivity index (χ2n) is 4.09. The highest BCUT2D eigenvalue weighted by atomic mass is 32.2. The van der Waals surface area contributed by atoms with Gasteiger partial charge in [0.2, 0.25) is 10.0 Å². The molecule has 0 saturated carbocycles. The summed E-state index contributed by atoms with van der Waals surface area (Å²) in [6.07, 6.45) is 0.591. The van der Waals surface area contributed by atoms with Crippen molar-refractivity contribution in [3.8, 4) is 6.07 Å².